The van der Waals surface area contributed by atoms with E-state index in [0.29, 0.717) is 6.42 Å². The fourth-order valence-electron chi connectivity index (χ4n) is 7.34. The highest BCUT2D eigenvalue weighted by Crippen LogP contribution is 2.68. The molecule has 212 valence electrons. The second-order valence-corrected chi connectivity index (χ2v) is 14.1. The summed E-state index contributed by atoms with van der Waals surface area (Å²) in [5.74, 6) is -4.71. The lowest BCUT2D eigenvalue weighted by Gasteiger charge is -2.43. The van der Waals surface area contributed by atoms with Crippen LogP contribution in [0.5, 0.6) is 5.75 Å². The van der Waals surface area contributed by atoms with E-state index in [4.69, 9.17) is 4.74 Å². The standard InChI is InChI=1S/C26H21N3O9S3/c30-13(31)7-29-23(34)17-10-5-11(18(17)24(29)35)19-16(10)15(20-22(40-19)28-26(37)41-20)8-1-3-9(4-2-8)38-14(32)6-12-21(33)27-25(36)39-12/h1-4,10-12,15-19H,5-7H2,(H,28,37)(H,30,31)(H,27,33,36)/t10-,11+,12+,15+,16+,17+,18+,19+/m0/s1. The molecule has 2 bridgehead atoms. The molecule has 2 saturated heterocycles. The van der Waals surface area contributed by atoms with Gasteiger partial charge in [0.1, 0.15) is 17.5 Å². The number of hydrogen-bond donors (Lipinski definition) is 3. The number of carbonyl (C=O) groups is 6. The van der Waals surface area contributed by atoms with Crippen LogP contribution >= 0.6 is 34.9 Å². The lowest BCUT2D eigenvalue weighted by molar-refractivity contribution is -0.149. The van der Waals surface area contributed by atoms with Crippen molar-refractivity contribution in [3.05, 3.63) is 44.4 Å². The number of nitrogens with zero attached hydrogens (tertiary/aromatic N) is 1. The third kappa shape index (κ3) is 4.15. The van der Waals surface area contributed by atoms with Gasteiger partial charge in [0, 0.05) is 16.0 Å². The van der Waals surface area contributed by atoms with Gasteiger partial charge in [0.25, 0.3) is 5.24 Å². The van der Waals surface area contributed by atoms with E-state index in [1.54, 1.807) is 24.3 Å². The Morgan fingerprint density at radius 1 is 1.00 bits per heavy atom. The highest BCUT2D eigenvalue weighted by Gasteiger charge is 2.69. The Morgan fingerprint density at radius 3 is 2.37 bits per heavy atom. The molecule has 15 heteroatoms. The van der Waals surface area contributed by atoms with Crippen molar-refractivity contribution in [2.75, 3.05) is 6.54 Å². The molecule has 8 atom stereocenters. The third-order valence-corrected chi connectivity index (χ3v) is 12.3. The van der Waals surface area contributed by atoms with Gasteiger partial charge in [-0.1, -0.05) is 35.2 Å². The summed E-state index contributed by atoms with van der Waals surface area (Å²) in [5.41, 5.74) is 0.858. The topological polar surface area (TPSA) is 180 Å². The van der Waals surface area contributed by atoms with Crippen molar-refractivity contribution in [2.45, 2.75) is 34.3 Å². The number of carbonyl (C=O) groups excluding carboxylic acids is 5. The van der Waals surface area contributed by atoms with Gasteiger partial charge < -0.3 is 14.8 Å². The first kappa shape index (κ1) is 26.5. The summed E-state index contributed by atoms with van der Waals surface area (Å²) in [6.45, 7) is -0.642. The van der Waals surface area contributed by atoms with Crippen LogP contribution in [-0.2, 0) is 24.0 Å². The summed E-state index contributed by atoms with van der Waals surface area (Å²) in [7, 11) is 0. The number of carboxylic acids is 1. The molecule has 4 heterocycles. The zero-order valence-electron chi connectivity index (χ0n) is 20.9. The maximum atomic E-state index is 13.3. The van der Waals surface area contributed by atoms with Crippen LogP contribution in [0, 0.1) is 29.6 Å². The number of rotatable bonds is 6. The minimum Gasteiger partial charge on any atom is -0.480 e. The first-order valence-corrected chi connectivity index (χ1v) is 15.5. The summed E-state index contributed by atoms with van der Waals surface area (Å²) >= 11 is 3.39. The first-order chi connectivity index (χ1) is 19.6. The van der Waals surface area contributed by atoms with E-state index in [1.807, 2.05) is 0 Å². The summed E-state index contributed by atoms with van der Waals surface area (Å²) < 4.78 is 5.40. The zero-order chi connectivity index (χ0) is 28.7. The third-order valence-electron chi connectivity index (χ3n) is 8.70. The number of imide groups is 2. The molecule has 0 radical (unpaired) electrons. The molecule has 7 rings (SSSR count). The number of carboxylic acid groups (broad SMARTS) is 1. The second kappa shape index (κ2) is 9.56. The number of thioether (sulfide) groups is 2. The van der Waals surface area contributed by atoms with Crippen LogP contribution in [0.15, 0.2) is 34.1 Å². The minimum atomic E-state index is -1.23. The van der Waals surface area contributed by atoms with E-state index in [-0.39, 0.29) is 46.0 Å². The smallest absolute Gasteiger partial charge is 0.323 e. The molecule has 5 aliphatic rings. The molecule has 3 N–H and O–H groups in total. The quantitative estimate of drug-likeness (QED) is 0.244. The average Bonchev–Trinajstić information content (AvgIpc) is 3.69. The fourth-order valence-corrected chi connectivity index (χ4v) is 11.0. The highest BCUT2D eigenvalue weighted by molar-refractivity contribution is 8.15. The maximum absolute atomic E-state index is 13.3. The summed E-state index contributed by atoms with van der Waals surface area (Å²) in [4.78, 5) is 90.2. The number of hydrogen-bond acceptors (Lipinski definition) is 11. The molecule has 12 nitrogen and oxygen atoms in total. The van der Waals surface area contributed by atoms with Crippen LogP contribution in [0.3, 0.4) is 0 Å². The number of H-pyrrole nitrogens is 1. The van der Waals surface area contributed by atoms with Gasteiger partial charge >= 0.3 is 16.8 Å². The van der Waals surface area contributed by atoms with E-state index in [0.717, 1.165) is 43.5 Å². The van der Waals surface area contributed by atoms with Crippen molar-refractivity contribution in [2.24, 2.45) is 29.6 Å². The van der Waals surface area contributed by atoms with Crippen molar-refractivity contribution in [1.29, 1.82) is 0 Å². The number of aliphatic carboxylic acids is 1. The lowest BCUT2D eigenvalue weighted by Crippen LogP contribution is -2.42. The van der Waals surface area contributed by atoms with Crippen LogP contribution < -0.4 is 14.9 Å². The van der Waals surface area contributed by atoms with Crippen LogP contribution in [0.2, 0.25) is 0 Å². The summed E-state index contributed by atoms with van der Waals surface area (Å²) in [5, 5.41) is 10.8. The van der Waals surface area contributed by atoms with Gasteiger partial charge in [0.05, 0.1) is 23.3 Å². The fraction of sp³-hybridized carbons (Fsp3) is 0.423. The monoisotopic (exact) mass is 615 g/mol. The maximum Gasteiger partial charge on any atom is 0.323 e. The lowest BCUT2D eigenvalue weighted by atomic mass is 9.68. The van der Waals surface area contributed by atoms with Crippen molar-refractivity contribution in [1.82, 2.24) is 15.2 Å². The number of likely N-dealkylation sites (tertiary alicyclic amines) is 1. The number of fused-ring (bicyclic) bond motifs is 9. The van der Waals surface area contributed by atoms with Gasteiger partial charge in [-0.3, -0.25) is 43.8 Å². The Labute approximate surface area is 243 Å². The van der Waals surface area contributed by atoms with Gasteiger partial charge in [0.15, 0.2) is 0 Å². The molecule has 41 heavy (non-hydrogen) atoms. The van der Waals surface area contributed by atoms with Crippen molar-refractivity contribution >= 4 is 69.8 Å². The van der Waals surface area contributed by atoms with E-state index in [9.17, 15) is 38.7 Å². The van der Waals surface area contributed by atoms with Crippen LogP contribution in [0.1, 0.15) is 29.2 Å². The van der Waals surface area contributed by atoms with E-state index in [2.05, 4.69) is 10.3 Å². The Hall–Kier alpha value is -3.43. The number of nitrogens with one attached hydrogen (secondary N) is 2. The normalized spacial score (nSPS) is 33.0. The number of aromatic amines is 1. The van der Waals surface area contributed by atoms with Gasteiger partial charge in [0.2, 0.25) is 17.7 Å². The number of benzene rings is 1. The zero-order valence-corrected chi connectivity index (χ0v) is 23.4. The average molecular weight is 616 g/mol. The van der Waals surface area contributed by atoms with Gasteiger partial charge in [-0.15, -0.1) is 11.8 Å². The number of thiazole rings is 1. The summed E-state index contributed by atoms with van der Waals surface area (Å²) in [6.07, 6.45) is 0.419. The summed E-state index contributed by atoms with van der Waals surface area (Å²) in [6, 6.07) is 6.86. The molecular formula is C26H21N3O9S3. The van der Waals surface area contributed by atoms with Gasteiger partial charge in [-0.2, -0.15) is 0 Å². The number of aromatic nitrogens is 1. The Kier molecular flexibility index (Phi) is 6.17. The molecule has 3 aliphatic heterocycles. The largest absolute Gasteiger partial charge is 0.480 e. The van der Waals surface area contributed by atoms with E-state index < -0.39 is 58.5 Å². The van der Waals surface area contributed by atoms with Crippen molar-refractivity contribution < 1.29 is 38.6 Å². The van der Waals surface area contributed by atoms with Crippen LogP contribution in [0.4, 0.5) is 4.79 Å². The Balaban J connectivity index is 1.16. The number of esters is 1. The molecule has 4 amide bonds. The molecule has 1 aromatic heterocycles. The molecule has 4 fully saturated rings. The van der Waals surface area contributed by atoms with Crippen molar-refractivity contribution in [3.8, 4) is 5.75 Å². The first-order valence-electron chi connectivity index (χ1n) is 12.9. The predicted octanol–water partition coefficient (Wildman–Crippen LogP) is 1.64. The van der Waals surface area contributed by atoms with Crippen LogP contribution in [0.25, 0.3) is 0 Å². The van der Waals surface area contributed by atoms with E-state index in [1.165, 1.54) is 11.8 Å². The van der Waals surface area contributed by atoms with Gasteiger partial charge in [-0.05, 0) is 41.9 Å². The minimum absolute atomic E-state index is 0.0409. The molecule has 2 aliphatic carbocycles. The number of ether oxygens (including phenoxy) is 1. The molecule has 0 spiro atoms. The van der Waals surface area contributed by atoms with Gasteiger partial charge in [-0.25, -0.2) is 0 Å². The molecule has 2 aromatic rings. The van der Waals surface area contributed by atoms with E-state index >= 15 is 0 Å². The SMILES string of the molecule is O=C(O)CN1C(=O)[C@@H]2[C@H]3C[C@@H]([C@H]4Sc5[nH]c(=O)sc5[C@H](c5ccc(OC(=O)C[C@H]6SC(=O)NC6=O)cc5)[C@@H]34)[C@H]2C1=O. The highest BCUT2D eigenvalue weighted by atomic mass is 32.2. The molecule has 0 unspecified atom stereocenters. The van der Waals surface area contributed by atoms with Crippen molar-refractivity contribution in [3.63, 3.8) is 0 Å². The molecule has 2 saturated carbocycles. The Bertz CT molecular complexity index is 1600. The number of amides is 4. The second-order valence-electron chi connectivity index (χ2n) is 10.7. The van der Waals surface area contributed by atoms with Crippen LogP contribution in [-0.4, -0.2) is 66.9 Å². The predicted molar refractivity (Wildman–Crippen MR) is 144 cm³/mol. The Morgan fingerprint density at radius 2 is 1.71 bits per heavy atom. The molecule has 1 aromatic carbocycles. The molecular weight excluding hydrogens is 594 g/mol.